The molecule has 0 unspecified atom stereocenters. The maximum Gasteiger partial charge on any atom is 0.410 e. The number of carbonyl (C=O) groups excluding carboxylic acids is 1. The van der Waals surface area contributed by atoms with Crippen LogP contribution in [0.25, 0.3) is 0 Å². The van der Waals surface area contributed by atoms with Crippen molar-refractivity contribution in [3.63, 3.8) is 0 Å². The van der Waals surface area contributed by atoms with Gasteiger partial charge in [-0.1, -0.05) is 13.8 Å². The predicted octanol–water partition coefficient (Wildman–Crippen LogP) is 3.82. The minimum atomic E-state index is -0.392. The fourth-order valence-corrected chi connectivity index (χ4v) is 2.35. The van der Waals surface area contributed by atoms with Gasteiger partial charge in [0.2, 0.25) is 0 Å². The summed E-state index contributed by atoms with van der Waals surface area (Å²) < 4.78 is 5.48. The van der Waals surface area contributed by atoms with Gasteiger partial charge in [-0.3, -0.25) is 0 Å². The second-order valence-electron chi connectivity index (χ2n) is 6.45. The molecule has 0 aromatic carbocycles. The molecule has 1 heterocycles. The number of piperidine rings is 1. The zero-order valence-electron chi connectivity index (χ0n) is 12.0. The van der Waals surface area contributed by atoms with Crippen molar-refractivity contribution in [3.8, 4) is 0 Å². The SMILES string of the molecule is CC(C)C[C@@H]1CCCCN1C(=O)OC(C)(C)C. The molecular weight excluding hydrogens is 214 g/mol. The molecule has 3 heteroatoms. The Morgan fingerprint density at radius 1 is 1.35 bits per heavy atom. The number of hydrogen-bond donors (Lipinski definition) is 0. The van der Waals surface area contributed by atoms with Crippen molar-refractivity contribution in [3.05, 3.63) is 0 Å². The van der Waals surface area contributed by atoms with E-state index in [1.54, 1.807) is 0 Å². The lowest BCUT2D eigenvalue weighted by atomic mass is 9.94. The lowest BCUT2D eigenvalue weighted by molar-refractivity contribution is 0.00747. The maximum atomic E-state index is 12.1. The summed E-state index contributed by atoms with van der Waals surface area (Å²) in [6.07, 6.45) is 4.41. The Morgan fingerprint density at radius 3 is 2.53 bits per heavy atom. The third-order valence-corrected chi connectivity index (χ3v) is 3.00. The van der Waals surface area contributed by atoms with Crippen LogP contribution in [0.3, 0.4) is 0 Å². The fraction of sp³-hybridized carbons (Fsp3) is 0.929. The average Bonchev–Trinajstić information content (AvgIpc) is 2.14. The van der Waals surface area contributed by atoms with Crippen molar-refractivity contribution < 1.29 is 9.53 Å². The van der Waals surface area contributed by atoms with Gasteiger partial charge in [-0.25, -0.2) is 4.79 Å². The molecule has 1 amide bonds. The Kier molecular flexibility index (Phi) is 4.84. The van der Waals surface area contributed by atoms with E-state index >= 15 is 0 Å². The quantitative estimate of drug-likeness (QED) is 0.735. The highest BCUT2D eigenvalue weighted by Gasteiger charge is 2.30. The van der Waals surface area contributed by atoms with Gasteiger partial charge in [-0.05, 0) is 52.4 Å². The normalized spacial score (nSPS) is 21.8. The van der Waals surface area contributed by atoms with E-state index in [0.29, 0.717) is 12.0 Å². The average molecular weight is 241 g/mol. The van der Waals surface area contributed by atoms with Crippen molar-refractivity contribution in [1.29, 1.82) is 0 Å². The highest BCUT2D eigenvalue weighted by atomic mass is 16.6. The second kappa shape index (κ2) is 5.74. The molecule has 1 aliphatic heterocycles. The van der Waals surface area contributed by atoms with Crippen LogP contribution < -0.4 is 0 Å². The van der Waals surface area contributed by atoms with Crippen LogP contribution in [0.1, 0.15) is 60.3 Å². The smallest absolute Gasteiger partial charge is 0.410 e. The number of ether oxygens (including phenoxy) is 1. The van der Waals surface area contributed by atoms with Gasteiger partial charge in [0.1, 0.15) is 5.60 Å². The summed E-state index contributed by atoms with van der Waals surface area (Å²) in [5.74, 6) is 0.628. The van der Waals surface area contributed by atoms with Gasteiger partial charge in [-0.2, -0.15) is 0 Å². The fourth-order valence-electron chi connectivity index (χ4n) is 2.35. The molecule has 0 spiro atoms. The molecule has 17 heavy (non-hydrogen) atoms. The van der Waals surface area contributed by atoms with Gasteiger partial charge in [0.15, 0.2) is 0 Å². The standard InChI is InChI=1S/C14H27NO2/c1-11(2)10-12-8-6-7-9-15(12)13(16)17-14(3,4)5/h11-12H,6-10H2,1-5H3/t12-/m0/s1. The Hall–Kier alpha value is -0.730. The molecule has 0 aromatic rings. The van der Waals surface area contributed by atoms with E-state index in [9.17, 15) is 4.79 Å². The van der Waals surface area contributed by atoms with E-state index in [4.69, 9.17) is 4.74 Å². The summed E-state index contributed by atoms with van der Waals surface area (Å²) in [5.41, 5.74) is -0.392. The largest absolute Gasteiger partial charge is 0.444 e. The highest BCUT2D eigenvalue weighted by Crippen LogP contribution is 2.24. The molecule has 100 valence electrons. The van der Waals surface area contributed by atoms with Gasteiger partial charge in [0.25, 0.3) is 0 Å². The lowest BCUT2D eigenvalue weighted by Crippen LogP contribution is -2.46. The molecule has 0 aromatic heterocycles. The van der Waals surface area contributed by atoms with E-state index in [1.165, 1.54) is 6.42 Å². The minimum absolute atomic E-state index is 0.136. The molecule has 0 aliphatic carbocycles. The highest BCUT2D eigenvalue weighted by molar-refractivity contribution is 5.68. The van der Waals surface area contributed by atoms with Crippen LogP contribution in [0, 0.1) is 5.92 Å². The molecule has 1 atom stereocenters. The first-order valence-corrected chi connectivity index (χ1v) is 6.79. The first kappa shape index (κ1) is 14.3. The topological polar surface area (TPSA) is 29.5 Å². The van der Waals surface area contributed by atoms with Crippen molar-refractivity contribution >= 4 is 6.09 Å². The van der Waals surface area contributed by atoms with E-state index in [1.807, 2.05) is 25.7 Å². The summed E-state index contributed by atoms with van der Waals surface area (Å²) >= 11 is 0. The third kappa shape index (κ3) is 4.97. The molecule has 0 radical (unpaired) electrons. The Labute approximate surface area is 106 Å². The summed E-state index contributed by atoms with van der Waals surface area (Å²) in [5, 5.41) is 0. The van der Waals surface area contributed by atoms with Crippen molar-refractivity contribution in [1.82, 2.24) is 4.90 Å². The van der Waals surface area contributed by atoms with Crippen LogP contribution in [-0.4, -0.2) is 29.2 Å². The van der Waals surface area contributed by atoms with Gasteiger partial charge >= 0.3 is 6.09 Å². The van der Waals surface area contributed by atoms with E-state index in [-0.39, 0.29) is 6.09 Å². The van der Waals surface area contributed by atoms with E-state index in [0.717, 1.165) is 25.8 Å². The molecular formula is C14H27NO2. The number of hydrogen-bond acceptors (Lipinski definition) is 2. The zero-order chi connectivity index (χ0) is 13.1. The number of amides is 1. The molecule has 0 saturated carbocycles. The Morgan fingerprint density at radius 2 is 2.00 bits per heavy atom. The first-order chi connectivity index (χ1) is 7.79. The Bertz CT molecular complexity index is 255. The lowest BCUT2D eigenvalue weighted by Gasteiger charge is -2.37. The number of likely N-dealkylation sites (tertiary alicyclic amines) is 1. The van der Waals surface area contributed by atoms with Crippen LogP contribution in [0.2, 0.25) is 0 Å². The number of carbonyl (C=O) groups is 1. The van der Waals surface area contributed by atoms with E-state index in [2.05, 4.69) is 13.8 Å². The second-order valence-corrected chi connectivity index (χ2v) is 6.45. The van der Waals surface area contributed by atoms with Gasteiger partial charge in [0.05, 0.1) is 0 Å². The molecule has 3 nitrogen and oxygen atoms in total. The summed E-state index contributed by atoms with van der Waals surface area (Å²) in [6, 6.07) is 0.374. The number of rotatable bonds is 2. The van der Waals surface area contributed by atoms with Crippen LogP contribution >= 0.6 is 0 Å². The molecule has 1 rings (SSSR count). The summed E-state index contributed by atoms with van der Waals surface area (Å²) in [6.45, 7) is 11.0. The van der Waals surface area contributed by atoms with Crippen molar-refractivity contribution in [2.45, 2.75) is 71.9 Å². The monoisotopic (exact) mass is 241 g/mol. The zero-order valence-corrected chi connectivity index (χ0v) is 12.0. The summed E-state index contributed by atoms with van der Waals surface area (Å²) in [4.78, 5) is 14.0. The predicted molar refractivity (Wildman–Crippen MR) is 70.0 cm³/mol. The van der Waals surface area contributed by atoms with Gasteiger partial charge in [0, 0.05) is 12.6 Å². The van der Waals surface area contributed by atoms with E-state index < -0.39 is 5.60 Å². The van der Waals surface area contributed by atoms with Gasteiger partial charge in [-0.15, -0.1) is 0 Å². The van der Waals surface area contributed by atoms with Crippen LogP contribution in [0.15, 0.2) is 0 Å². The first-order valence-electron chi connectivity index (χ1n) is 6.79. The van der Waals surface area contributed by atoms with Crippen molar-refractivity contribution in [2.24, 2.45) is 5.92 Å². The van der Waals surface area contributed by atoms with Crippen LogP contribution in [0.4, 0.5) is 4.79 Å². The van der Waals surface area contributed by atoms with Crippen LogP contribution in [-0.2, 0) is 4.74 Å². The molecule has 1 fully saturated rings. The minimum Gasteiger partial charge on any atom is -0.444 e. The molecule has 0 N–H and O–H groups in total. The Balaban J connectivity index is 2.61. The maximum absolute atomic E-state index is 12.1. The van der Waals surface area contributed by atoms with Gasteiger partial charge < -0.3 is 9.64 Å². The van der Waals surface area contributed by atoms with Crippen LogP contribution in [0.5, 0.6) is 0 Å². The molecule has 0 bridgehead atoms. The summed E-state index contributed by atoms with van der Waals surface area (Å²) in [7, 11) is 0. The van der Waals surface area contributed by atoms with Crippen molar-refractivity contribution in [2.75, 3.05) is 6.54 Å². The third-order valence-electron chi connectivity index (χ3n) is 3.00. The number of nitrogens with zero attached hydrogens (tertiary/aromatic N) is 1. The molecule has 1 saturated heterocycles. The molecule has 1 aliphatic rings.